The molecule has 0 aliphatic heterocycles. The molecule has 0 rings (SSSR count). The van der Waals surface area contributed by atoms with E-state index >= 15 is 0 Å². The Bertz CT molecular complexity index is 65.9. The summed E-state index contributed by atoms with van der Waals surface area (Å²) in [4.78, 5) is 0. The Morgan fingerprint density at radius 3 is 2.33 bits per heavy atom. The Balaban J connectivity index is 3.05. The molecule has 0 amide bonds. The van der Waals surface area contributed by atoms with Gasteiger partial charge >= 0.3 is 0 Å². The summed E-state index contributed by atoms with van der Waals surface area (Å²) in [5.41, 5.74) is 0. The minimum absolute atomic E-state index is 0.574. The van der Waals surface area contributed by atoms with Crippen LogP contribution in [0.2, 0.25) is 0 Å². The van der Waals surface area contributed by atoms with Gasteiger partial charge in [0.1, 0.15) is 0 Å². The normalized spacial score (nSPS) is 7.50. The summed E-state index contributed by atoms with van der Waals surface area (Å²) in [5.74, 6) is 0. The van der Waals surface area contributed by atoms with E-state index in [1.54, 1.807) is 12.5 Å². The molecule has 0 bridgehead atoms. The zero-order chi connectivity index (χ0) is 4.99. The smallest absolute Gasteiger partial charge is 0.0526 e. The van der Waals surface area contributed by atoms with E-state index < -0.39 is 0 Å². The average Bonchev–Trinajstić information content (AvgIpc) is 1.35. The van der Waals surface area contributed by atoms with E-state index in [1.807, 2.05) is 0 Å². The number of allylic oxidation sites excluding steroid dienone is 1. The Labute approximate surface area is 48.7 Å². The van der Waals surface area contributed by atoms with Gasteiger partial charge in [-0.3, -0.25) is 0 Å². The van der Waals surface area contributed by atoms with Crippen molar-refractivity contribution in [2.24, 2.45) is 0 Å². The van der Waals surface area contributed by atoms with Crippen molar-refractivity contribution in [2.45, 2.75) is 0 Å². The second-order valence-electron chi connectivity index (χ2n) is 0.741. The molecule has 0 spiro atoms. The summed E-state index contributed by atoms with van der Waals surface area (Å²) in [6.07, 6.45) is 3.26. The summed E-state index contributed by atoms with van der Waals surface area (Å²) in [6, 6.07) is 0. The summed E-state index contributed by atoms with van der Waals surface area (Å²) < 4.78 is 0.574. The molecule has 0 aromatic rings. The fourth-order valence-corrected chi connectivity index (χ4v) is 0.302. The van der Waals surface area contributed by atoms with E-state index in [2.05, 4.69) is 31.4 Å². The number of thiol groups is 1. The van der Waals surface area contributed by atoms with Gasteiger partial charge < -0.3 is 0 Å². The minimum atomic E-state index is 0.574. The van der Waals surface area contributed by atoms with Crippen LogP contribution >= 0.6 is 24.8 Å². The zero-order valence-electron chi connectivity index (χ0n) is 3.22. The molecule has 0 saturated carbocycles. The van der Waals surface area contributed by atoms with Gasteiger partial charge in [-0.15, -0.1) is 19.2 Å². The molecule has 0 heterocycles. The van der Waals surface area contributed by atoms with E-state index in [4.69, 9.17) is 0 Å². The highest BCUT2D eigenvalue weighted by Crippen LogP contribution is 1.87. The third-order valence-electron chi connectivity index (χ3n) is 0.260. The van der Waals surface area contributed by atoms with E-state index in [-0.39, 0.29) is 0 Å². The van der Waals surface area contributed by atoms with Crippen LogP contribution in [0.1, 0.15) is 0 Å². The van der Waals surface area contributed by atoms with Crippen LogP contribution in [0.5, 0.6) is 0 Å². The van der Waals surface area contributed by atoms with E-state index in [0.717, 1.165) is 0 Å². The van der Waals surface area contributed by atoms with Crippen molar-refractivity contribution in [3.8, 4) is 0 Å². The van der Waals surface area contributed by atoms with Crippen molar-refractivity contribution in [1.29, 1.82) is 0 Å². The number of hydrogen-bond acceptors (Lipinski definition) is 1. The molecule has 0 aromatic carbocycles. The lowest BCUT2D eigenvalue weighted by atomic mass is 10.5. The van der Waals surface area contributed by atoms with Gasteiger partial charge in [0.15, 0.2) is 0 Å². The average molecular weight is 117 g/mol. The van der Waals surface area contributed by atoms with Crippen molar-refractivity contribution in [3.05, 3.63) is 19.1 Å². The van der Waals surface area contributed by atoms with Crippen LogP contribution in [0.4, 0.5) is 0 Å². The maximum absolute atomic E-state index is 4.53. The summed E-state index contributed by atoms with van der Waals surface area (Å²) in [6.45, 7) is 3.41. The van der Waals surface area contributed by atoms with Crippen molar-refractivity contribution in [3.63, 3.8) is 0 Å². The molecule has 0 N–H and O–H groups in total. The molecule has 2 heteroatoms. The van der Waals surface area contributed by atoms with Crippen molar-refractivity contribution in [2.75, 3.05) is 0 Å². The first-order valence-electron chi connectivity index (χ1n) is 1.46. The van der Waals surface area contributed by atoms with Crippen LogP contribution in [-0.2, 0) is 0 Å². The molecule has 0 aliphatic rings. The van der Waals surface area contributed by atoms with Gasteiger partial charge in [-0.05, 0) is 0 Å². The van der Waals surface area contributed by atoms with Crippen molar-refractivity contribution in [1.82, 2.24) is 0 Å². The van der Waals surface area contributed by atoms with Gasteiger partial charge in [0.2, 0.25) is 0 Å². The topological polar surface area (TPSA) is 0 Å². The van der Waals surface area contributed by atoms with Gasteiger partial charge in [-0.25, -0.2) is 0 Å². The first-order valence-corrected chi connectivity index (χ1v) is 2.31. The summed E-state index contributed by atoms with van der Waals surface area (Å²) >= 11 is 8.31. The molecule has 33 valence electrons. The first kappa shape index (κ1) is 6.18. The van der Waals surface area contributed by atoms with Gasteiger partial charge in [0.25, 0.3) is 0 Å². The molecule has 0 aliphatic carbocycles. The molecule has 6 heavy (non-hydrogen) atoms. The van der Waals surface area contributed by atoms with E-state index in [9.17, 15) is 0 Å². The van der Waals surface area contributed by atoms with Crippen LogP contribution < -0.4 is 0 Å². The second-order valence-corrected chi connectivity index (χ2v) is 1.96. The van der Waals surface area contributed by atoms with Crippen LogP contribution in [0.3, 0.4) is 0 Å². The molecule has 0 saturated heterocycles. The Hall–Kier alpha value is 0.180. The molecule has 0 fully saturated rings. The largest absolute Gasteiger partial charge is 0.136 e. The maximum Gasteiger partial charge on any atom is 0.0526 e. The monoisotopic (exact) mass is 117 g/mol. The van der Waals surface area contributed by atoms with E-state index in [0.29, 0.717) is 4.20 Å². The van der Waals surface area contributed by atoms with Crippen LogP contribution in [0.25, 0.3) is 0 Å². The van der Waals surface area contributed by atoms with Gasteiger partial charge in [0, 0.05) is 6.42 Å². The molecule has 0 aromatic heterocycles. The lowest BCUT2D eigenvalue weighted by molar-refractivity contribution is 2.02. The zero-order valence-corrected chi connectivity index (χ0v) is 4.93. The predicted molar refractivity (Wildman–Crippen MR) is 36.1 cm³/mol. The lowest BCUT2D eigenvalue weighted by Gasteiger charge is -1.77. The van der Waals surface area contributed by atoms with Crippen molar-refractivity contribution < 1.29 is 0 Å². The third kappa shape index (κ3) is 4.18. The Kier molecular flexibility index (Phi) is 3.47. The van der Waals surface area contributed by atoms with Gasteiger partial charge in [-0.2, -0.15) is 0 Å². The van der Waals surface area contributed by atoms with Crippen molar-refractivity contribution >= 4 is 29.0 Å². The number of thiocarbonyl (C=S) groups is 1. The van der Waals surface area contributed by atoms with Crippen LogP contribution in [-0.4, -0.2) is 4.20 Å². The third-order valence-corrected chi connectivity index (χ3v) is 0.546. The Morgan fingerprint density at radius 1 is 1.83 bits per heavy atom. The van der Waals surface area contributed by atoms with Gasteiger partial charge in [0.05, 0.1) is 4.20 Å². The highest BCUT2D eigenvalue weighted by Gasteiger charge is 1.76. The van der Waals surface area contributed by atoms with Crippen LogP contribution in [0.15, 0.2) is 12.7 Å². The molecule has 0 nitrogen and oxygen atoms in total. The predicted octanol–water partition coefficient (Wildman–Crippen LogP) is 1.63. The fraction of sp³-hybridized carbons (Fsp3) is 0. The quantitative estimate of drug-likeness (QED) is 0.424. The summed E-state index contributed by atoms with van der Waals surface area (Å²) in [5, 5.41) is 0. The molecule has 0 unspecified atom stereocenters. The standard InChI is InChI=1S/C4H5S2/c1-2-3-4(5)6/h2-3H,1H2,(H,5,6). The van der Waals surface area contributed by atoms with Crippen LogP contribution in [0, 0.1) is 6.42 Å². The lowest BCUT2D eigenvalue weighted by Crippen LogP contribution is -1.74. The Morgan fingerprint density at radius 2 is 2.33 bits per heavy atom. The maximum atomic E-state index is 4.53. The first-order chi connectivity index (χ1) is 2.77. The van der Waals surface area contributed by atoms with E-state index in [1.165, 1.54) is 0 Å². The number of rotatable bonds is 2. The molecule has 1 radical (unpaired) electrons. The fourth-order valence-electron chi connectivity index (χ4n) is 0.101. The SMILES string of the molecule is C=C[CH]C(=S)S. The molecular formula is C4H5S2. The molecular weight excluding hydrogens is 112 g/mol. The minimum Gasteiger partial charge on any atom is -0.136 e. The van der Waals surface area contributed by atoms with Gasteiger partial charge in [-0.1, -0.05) is 18.3 Å². The number of hydrogen-bond donors (Lipinski definition) is 1. The highest BCUT2D eigenvalue weighted by molar-refractivity contribution is 8.11. The summed E-state index contributed by atoms with van der Waals surface area (Å²) in [7, 11) is 0. The highest BCUT2D eigenvalue weighted by atomic mass is 32.1. The second kappa shape index (κ2) is 3.37. The molecule has 0 atom stereocenters.